The number of piperidine rings is 1. The summed E-state index contributed by atoms with van der Waals surface area (Å²) in [6.07, 6.45) is 2.74. The van der Waals surface area contributed by atoms with Gasteiger partial charge >= 0.3 is 0 Å². The molecule has 0 saturated carbocycles. The van der Waals surface area contributed by atoms with Crippen LogP contribution in [0.25, 0.3) is 5.65 Å². The average Bonchev–Trinajstić information content (AvgIpc) is 3.29. The van der Waals surface area contributed by atoms with Crippen molar-refractivity contribution in [3.8, 4) is 5.75 Å². The molecule has 1 fully saturated rings. The molecule has 2 bridgehead atoms. The summed E-state index contributed by atoms with van der Waals surface area (Å²) >= 11 is 0. The maximum absolute atomic E-state index is 13.9. The molecule has 0 aliphatic carbocycles. The zero-order valence-electron chi connectivity index (χ0n) is 21.1. The Morgan fingerprint density at radius 3 is 2.81 bits per heavy atom. The number of nitrogens with zero attached hydrogens (tertiary/aromatic N) is 5. The number of benzene rings is 1. The summed E-state index contributed by atoms with van der Waals surface area (Å²) in [7, 11) is 1.96. The normalized spacial score (nSPS) is 19.2. The second kappa shape index (κ2) is 9.77. The van der Waals surface area contributed by atoms with E-state index in [1.165, 1.54) is 0 Å². The van der Waals surface area contributed by atoms with E-state index in [1.54, 1.807) is 6.07 Å². The Hall–Kier alpha value is -3.66. The molecule has 10 heteroatoms. The van der Waals surface area contributed by atoms with Gasteiger partial charge < -0.3 is 25.6 Å². The molecule has 1 aromatic carbocycles. The Kier molecular flexibility index (Phi) is 6.53. The number of nitrogens with one attached hydrogen (secondary N) is 1. The highest BCUT2D eigenvalue weighted by Gasteiger charge is 2.33. The average molecular weight is 492 g/mol. The molecule has 5 rings (SSSR count). The van der Waals surface area contributed by atoms with Crippen molar-refractivity contribution in [1.82, 2.24) is 24.8 Å². The Balaban J connectivity index is 1.66. The van der Waals surface area contributed by atoms with Crippen LogP contribution in [0.5, 0.6) is 5.75 Å². The van der Waals surface area contributed by atoms with Gasteiger partial charge in [0.05, 0.1) is 23.0 Å². The van der Waals surface area contributed by atoms with Gasteiger partial charge in [0.1, 0.15) is 11.6 Å². The van der Waals surface area contributed by atoms with Crippen LogP contribution in [-0.4, -0.2) is 64.6 Å². The van der Waals surface area contributed by atoms with E-state index < -0.39 is 0 Å². The highest BCUT2D eigenvalue weighted by atomic mass is 16.5. The van der Waals surface area contributed by atoms with Crippen LogP contribution in [0.1, 0.15) is 58.2 Å². The third kappa shape index (κ3) is 4.37. The molecule has 10 nitrogen and oxygen atoms in total. The fourth-order valence-corrected chi connectivity index (χ4v) is 5.18. The minimum atomic E-state index is -0.245. The molecule has 0 radical (unpaired) electrons. The lowest BCUT2D eigenvalue weighted by molar-refractivity contribution is -0.123. The number of fused-ring (bicyclic) bond motifs is 4. The minimum absolute atomic E-state index is 0.118. The molecule has 3 N–H and O–H groups in total. The number of hydrogen-bond donors (Lipinski definition) is 2. The van der Waals surface area contributed by atoms with Crippen molar-refractivity contribution in [1.29, 1.82) is 0 Å². The quantitative estimate of drug-likeness (QED) is 0.535. The second-order valence-electron chi connectivity index (χ2n) is 9.62. The molecular formula is C26H33N7O3. The van der Waals surface area contributed by atoms with E-state index in [1.807, 2.05) is 48.5 Å². The van der Waals surface area contributed by atoms with Gasteiger partial charge in [-0.2, -0.15) is 9.61 Å². The van der Waals surface area contributed by atoms with Crippen LogP contribution in [0.3, 0.4) is 0 Å². The van der Waals surface area contributed by atoms with E-state index in [0.717, 1.165) is 47.6 Å². The lowest BCUT2D eigenvalue weighted by Crippen LogP contribution is -2.39. The highest BCUT2D eigenvalue weighted by molar-refractivity contribution is 5.97. The predicted molar refractivity (Wildman–Crippen MR) is 136 cm³/mol. The van der Waals surface area contributed by atoms with E-state index >= 15 is 0 Å². The van der Waals surface area contributed by atoms with Crippen LogP contribution in [0.15, 0.2) is 24.3 Å². The summed E-state index contributed by atoms with van der Waals surface area (Å²) in [6, 6.07) is 7.28. The Labute approximate surface area is 210 Å². The van der Waals surface area contributed by atoms with Crippen LogP contribution in [0.2, 0.25) is 0 Å². The number of amides is 2. The Bertz CT molecular complexity index is 1320. The zero-order chi connectivity index (χ0) is 25.4. The fourth-order valence-electron chi connectivity index (χ4n) is 5.18. The van der Waals surface area contributed by atoms with Gasteiger partial charge in [-0.05, 0) is 45.2 Å². The first-order chi connectivity index (χ1) is 17.4. The predicted octanol–water partition coefficient (Wildman–Crippen LogP) is 2.12. The van der Waals surface area contributed by atoms with Gasteiger partial charge in [-0.25, -0.2) is 4.98 Å². The van der Waals surface area contributed by atoms with Crippen LogP contribution >= 0.6 is 0 Å². The van der Waals surface area contributed by atoms with Crippen molar-refractivity contribution in [2.24, 2.45) is 5.73 Å². The molecule has 3 aromatic rings. The molecule has 1 atom stereocenters. The third-order valence-electron chi connectivity index (χ3n) is 7.08. The first-order valence-corrected chi connectivity index (χ1v) is 12.5. The summed E-state index contributed by atoms with van der Waals surface area (Å²) in [5.74, 6) is 0.924. The number of hydrogen-bond acceptors (Lipinski definition) is 7. The number of anilines is 1. The van der Waals surface area contributed by atoms with Crippen molar-refractivity contribution >= 4 is 23.3 Å². The molecule has 190 valence electrons. The van der Waals surface area contributed by atoms with Crippen molar-refractivity contribution in [3.63, 3.8) is 0 Å². The van der Waals surface area contributed by atoms with Crippen molar-refractivity contribution in [3.05, 3.63) is 52.3 Å². The largest absolute Gasteiger partial charge is 0.483 e. The van der Waals surface area contributed by atoms with E-state index in [9.17, 15) is 9.59 Å². The van der Waals surface area contributed by atoms with Gasteiger partial charge in [0, 0.05) is 44.9 Å². The first kappa shape index (κ1) is 24.1. The molecule has 4 heterocycles. The SMILES string of the molecule is Cc1ccc2c(c1)C(=O)N1CCCCC1c1cc3nc(CN)c(C)c(n3n1)N(C)CCNC(=O)CO2. The molecule has 0 spiro atoms. The van der Waals surface area contributed by atoms with Gasteiger partial charge in [-0.3, -0.25) is 9.59 Å². The van der Waals surface area contributed by atoms with E-state index in [-0.39, 0.29) is 24.5 Å². The summed E-state index contributed by atoms with van der Waals surface area (Å²) in [5, 5.41) is 7.88. The molecule has 1 saturated heterocycles. The van der Waals surface area contributed by atoms with E-state index in [0.29, 0.717) is 43.1 Å². The molecule has 1 unspecified atom stereocenters. The number of likely N-dealkylation sites (N-methyl/N-ethyl adjacent to an activating group) is 1. The standard InChI is InChI=1S/C26H33N7O3/c1-16-7-8-22-18(12-16)26(35)32-10-5-4-6-21(32)19-13-23-29-20(14-27)17(2)25(33(23)30-19)31(3)11-9-28-24(34)15-36-22/h7-8,12-13,21H,4-6,9-11,14-15,27H2,1-3H3,(H,28,34). The number of aromatic nitrogens is 3. The molecule has 2 aromatic heterocycles. The van der Waals surface area contributed by atoms with Gasteiger partial charge in [-0.15, -0.1) is 0 Å². The molecule has 36 heavy (non-hydrogen) atoms. The minimum Gasteiger partial charge on any atom is -0.483 e. The number of rotatable bonds is 1. The zero-order valence-corrected chi connectivity index (χ0v) is 21.1. The third-order valence-corrected chi connectivity index (χ3v) is 7.08. The van der Waals surface area contributed by atoms with Crippen molar-refractivity contribution in [2.45, 2.75) is 45.7 Å². The topological polar surface area (TPSA) is 118 Å². The van der Waals surface area contributed by atoms with E-state index in [4.69, 9.17) is 20.6 Å². The van der Waals surface area contributed by atoms with Gasteiger partial charge in [0.15, 0.2) is 12.3 Å². The lowest BCUT2D eigenvalue weighted by atomic mass is 9.97. The summed E-state index contributed by atoms with van der Waals surface area (Å²) in [6.45, 7) is 5.68. The lowest BCUT2D eigenvalue weighted by Gasteiger charge is -2.35. The van der Waals surface area contributed by atoms with Crippen molar-refractivity contribution < 1.29 is 14.3 Å². The summed E-state index contributed by atoms with van der Waals surface area (Å²) in [4.78, 5) is 35.1. The van der Waals surface area contributed by atoms with Gasteiger partial charge in [0.2, 0.25) is 0 Å². The summed E-state index contributed by atoms with van der Waals surface area (Å²) in [5.41, 5.74) is 10.7. The maximum Gasteiger partial charge on any atom is 0.258 e. The molecular weight excluding hydrogens is 458 g/mol. The first-order valence-electron chi connectivity index (χ1n) is 12.5. The number of carbonyl (C=O) groups excluding carboxylic acids is 2. The van der Waals surface area contributed by atoms with Crippen LogP contribution in [-0.2, 0) is 11.3 Å². The highest BCUT2D eigenvalue weighted by Crippen LogP contribution is 2.35. The Morgan fingerprint density at radius 2 is 2.00 bits per heavy atom. The molecule has 2 amide bonds. The van der Waals surface area contributed by atoms with Crippen LogP contribution in [0, 0.1) is 13.8 Å². The number of ether oxygens (including phenoxy) is 1. The fraction of sp³-hybridized carbons (Fsp3) is 0.462. The second-order valence-corrected chi connectivity index (χ2v) is 9.62. The summed E-state index contributed by atoms with van der Waals surface area (Å²) < 4.78 is 7.69. The Morgan fingerprint density at radius 1 is 1.17 bits per heavy atom. The molecule has 2 aliphatic heterocycles. The van der Waals surface area contributed by atoms with E-state index in [2.05, 4.69) is 10.2 Å². The number of aryl methyl sites for hydroxylation is 1. The van der Waals surface area contributed by atoms with Crippen LogP contribution < -0.4 is 20.7 Å². The van der Waals surface area contributed by atoms with Gasteiger partial charge in [-0.1, -0.05) is 11.6 Å². The van der Waals surface area contributed by atoms with Crippen LogP contribution in [0.4, 0.5) is 5.82 Å². The van der Waals surface area contributed by atoms with Crippen molar-refractivity contribution in [2.75, 3.05) is 38.2 Å². The number of carbonyl (C=O) groups is 2. The monoisotopic (exact) mass is 491 g/mol. The number of nitrogens with two attached hydrogens (primary N) is 1. The molecule has 2 aliphatic rings. The maximum atomic E-state index is 13.9. The van der Waals surface area contributed by atoms with Gasteiger partial charge in [0.25, 0.3) is 11.8 Å². The smallest absolute Gasteiger partial charge is 0.258 e.